The number of carboxylic acid groups (broad SMARTS) is 1. The Morgan fingerprint density at radius 1 is 1.32 bits per heavy atom. The zero-order valence-corrected chi connectivity index (χ0v) is 14.9. The van der Waals surface area contributed by atoms with Crippen LogP contribution in [0.25, 0.3) is 0 Å². The van der Waals surface area contributed by atoms with Crippen LogP contribution < -0.4 is 0 Å². The average Bonchev–Trinajstić information content (AvgIpc) is 3.15. The van der Waals surface area contributed by atoms with Crippen LogP contribution in [-0.4, -0.2) is 49.0 Å². The molecule has 1 aliphatic heterocycles. The van der Waals surface area contributed by atoms with Crippen molar-refractivity contribution in [1.82, 2.24) is 4.31 Å². The molecule has 0 amide bonds. The van der Waals surface area contributed by atoms with Gasteiger partial charge in [-0.15, -0.1) is 0 Å². The standard InChI is InChI=1S/C16H21NO7S/c1-9-11(16(20)23-2)8-14(24-9)25(21,22)17-12-6-4-3-5-10(12)7-13(17)15(18)19/h8,10,12-13H,3-7H2,1-2H3,(H,18,19). The number of fused-ring (bicyclic) bond motifs is 1. The van der Waals surface area contributed by atoms with Crippen LogP contribution in [0.1, 0.15) is 48.2 Å². The number of esters is 1. The predicted molar refractivity (Wildman–Crippen MR) is 85.6 cm³/mol. The van der Waals surface area contributed by atoms with E-state index in [1.807, 2.05) is 0 Å². The average molecular weight is 371 g/mol. The molecular weight excluding hydrogens is 350 g/mol. The van der Waals surface area contributed by atoms with Gasteiger partial charge in [-0.1, -0.05) is 12.8 Å². The molecule has 2 fully saturated rings. The van der Waals surface area contributed by atoms with Gasteiger partial charge in [-0.3, -0.25) is 4.79 Å². The molecule has 2 heterocycles. The maximum atomic E-state index is 13.1. The minimum Gasteiger partial charge on any atom is -0.480 e. The molecule has 3 rings (SSSR count). The Bertz CT molecular complexity index is 797. The number of furan rings is 1. The second kappa shape index (κ2) is 6.45. The number of carboxylic acids is 1. The van der Waals surface area contributed by atoms with Crippen molar-refractivity contribution in [3.63, 3.8) is 0 Å². The predicted octanol–water partition coefficient (Wildman–Crippen LogP) is 1.78. The molecule has 1 saturated heterocycles. The molecule has 8 nitrogen and oxygen atoms in total. The number of carbonyl (C=O) groups is 2. The van der Waals surface area contributed by atoms with Crippen molar-refractivity contribution < 1.29 is 32.3 Å². The lowest BCUT2D eigenvalue weighted by Gasteiger charge is -2.31. The maximum absolute atomic E-state index is 13.1. The zero-order chi connectivity index (χ0) is 18.4. The second-order valence-corrected chi connectivity index (χ2v) is 8.34. The minimum atomic E-state index is -4.17. The van der Waals surface area contributed by atoms with Gasteiger partial charge in [0.05, 0.1) is 7.11 Å². The van der Waals surface area contributed by atoms with E-state index in [0.717, 1.165) is 29.6 Å². The van der Waals surface area contributed by atoms with Crippen molar-refractivity contribution in [3.05, 3.63) is 17.4 Å². The van der Waals surface area contributed by atoms with Crippen molar-refractivity contribution in [2.45, 2.75) is 56.2 Å². The normalized spacial score (nSPS) is 27.0. The lowest BCUT2D eigenvalue weighted by atomic mass is 9.85. The van der Waals surface area contributed by atoms with Crippen LogP contribution in [0.4, 0.5) is 0 Å². The molecule has 3 atom stereocenters. The van der Waals surface area contributed by atoms with Gasteiger partial charge in [-0.25, -0.2) is 13.2 Å². The van der Waals surface area contributed by atoms with E-state index < -0.39 is 33.1 Å². The Kier molecular flexibility index (Phi) is 4.63. The number of sulfonamides is 1. The van der Waals surface area contributed by atoms with Crippen molar-refractivity contribution in [1.29, 1.82) is 0 Å². The van der Waals surface area contributed by atoms with Gasteiger partial charge in [0, 0.05) is 12.1 Å². The molecule has 138 valence electrons. The van der Waals surface area contributed by atoms with Crippen molar-refractivity contribution in [2.24, 2.45) is 5.92 Å². The smallest absolute Gasteiger partial charge is 0.341 e. The third-order valence-corrected chi connectivity index (χ3v) is 6.94. The second-order valence-electron chi connectivity index (χ2n) is 6.56. The Morgan fingerprint density at radius 3 is 2.64 bits per heavy atom. The first-order chi connectivity index (χ1) is 11.8. The van der Waals surface area contributed by atoms with Crippen LogP contribution in [0.2, 0.25) is 0 Å². The fraction of sp³-hybridized carbons (Fsp3) is 0.625. The van der Waals surface area contributed by atoms with E-state index in [1.54, 1.807) is 0 Å². The summed E-state index contributed by atoms with van der Waals surface area (Å²) in [5.74, 6) is -1.69. The van der Waals surface area contributed by atoms with Crippen molar-refractivity contribution in [2.75, 3.05) is 7.11 Å². The summed E-state index contributed by atoms with van der Waals surface area (Å²) in [4.78, 5) is 23.4. The number of ether oxygens (including phenoxy) is 1. The molecule has 1 aromatic heterocycles. The fourth-order valence-electron chi connectivity index (χ4n) is 3.97. The van der Waals surface area contributed by atoms with Gasteiger partial charge in [-0.05, 0) is 32.1 Å². The monoisotopic (exact) mass is 371 g/mol. The fourth-order valence-corrected chi connectivity index (χ4v) is 5.82. The molecule has 25 heavy (non-hydrogen) atoms. The van der Waals surface area contributed by atoms with E-state index >= 15 is 0 Å². The maximum Gasteiger partial charge on any atom is 0.341 e. The van der Waals surface area contributed by atoms with Crippen molar-refractivity contribution >= 4 is 22.0 Å². The van der Waals surface area contributed by atoms with Gasteiger partial charge in [0.2, 0.25) is 5.09 Å². The van der Waals surface area contributed by atoms with Crippen LogP contribution >= 0.6 is 0 Å². The number of nitrogens with zero attached hydrogens (tertiary/aromatic N) is 1. The molecule has 0 spiro atoms. The number of carbonyl (C=O) groups excluding carboxylic acids is 1. The largest absolute Gasteiger partial charge is 0.480 e. The Labute approximate surface area is 145 Å². The van der Waals surface area contributed by atoms with E-state index in [2.05, 4.69) is 4.74 Å². The lowest BCUT2D eigenvalue weighted by molar-refractivity contribution is -0.141. The Hall–Kier alpha value is -1.87. The number of hydrogen-bond donors (Lipinski definition) is 1. The van der Waals surface area contributed by atoms with E-state index in [4.69, 9.17) is 4.42 Å². The summed E-state index contributed by atoms with van der Waals surface area (Å²) < 4.78 is 37.2. The first kappa shape index (κ1) is 17.9. The zero-order valence-electron chi connectivity index (χ0n) is 14.1. The van der Waals surface area contributed by atoms with Gasteiger partial charge in [-0.2, -0.15) is 4.31 Å². The van der Waals surface area contributed by atoms with Crippen LogP contribution in [0, 0.1) is 12.8 Å². The number of aliphatic carboxylic acids is 1. The van der Waals surface area contributed by atoms with Gasteiger partial charge < -0.3 is 14.3 Å². The quantitative estimate of drug-likeness (QED) is 0.802. The molecule has 0 radical (unpaired) electrons. The van der Waals surface area contributed by atoms with E-state index in [0.29, 0.717) is 12.8 Å². The minimum absolute atomic E-state index is 0.0207. The number of rotatable bonds is 4. The highest BCUT2D eigenvalue weighted by molar-refractivity contribution is 7.89. The molecule has 0 bridgehead atoms. The molecule has 1 saturated carbocycles. The molecule has 1 aliphatic carbocycles. The molecule has 1 aromatic rings. The third-order valence-electron chi connectivity index (χ3n) is 5.15. The first-order valence-electron chi connectivity index (χ1n) is 8.22. The van der Waals surface area contributed by atoms with Crippen LogP contribution in [0.3, 0.4) is 0 Å². The van der Waals surface area contributed by atoms with E-state index in [1.165, 1.54) is 14.0 Å². The molecule has 2 aliphatic rings. The highest BCUT2D eigenvalue weighted by Gasteiger charge is 2.52. The summed E-state index contributed by atoms with van der Waals surface area (Å²) >= 11 is 0. The van der Waals surface area contributed by atoms with Gasteiger partial charge in [0.1, 0.15) is 17.4 Å². The SMILES string of the molecule is COC(=O)c1cc(S(=O)(=O)N2C(C(=O)O)CC3CCCCC32)oc1C. The highest BCUT2D eigenvalue weighted by Crippen LogP contribution is 2.43. The summed E-state index contributed by atoms with van der Waals surface area (Å²) in [6, 6.07) is -0.331. The van der Waals surface area contributed by atoms with E-state index in [-0.39, 0.29) is 23.3 Å². The summed E-state index contributed by atoms with van der Waals surface area (Å²) in [5, 5.41) is 9.10. The number of methoxy groups -OCH3 is 1. The summed E-state index contributed by atoms with van der Waals surface area (Å²) in [6.07, 6.45) is 3.61. The van der Waals surface area contributed by atoms with Gasteiger partial charge in [0.15, 0.2) is 0 Å². The highest BCUT2D eigenvalue weighted by atomic mass is 32.2. The Balaban J connectivity index is 2.02. The third kappa shape index (κ3) is 2.95. The molecule has 1 N–H and O–H groups in total. The molecule has 9 heteroatoms. The van der Waals surface area contributed by atoms with E-state index in [9.17, 15) is 23.1 Å². The Morgan fingerprint density at radius 2 is 2.00 bits per heavy atom. The summed E-state index contributed by atoms with van der Waals surface area (Å²) in [5.41, 5.74) is 0.0207. The van der Waals surface area contributed by atoms with Crippen LogP contribution in [0.5, 0.6) is 0 Å². The molecule has 3 unspecified atom stereocenters. The topological polar surface area (TPSA) is 114 Å². The first-order valence-corrected chi connectivity index (χ1v) is 9.66. The molecule has 0 aromatic carbocycles. The van der Waals surface area contributed by atoms with Gasteiger partial charge >= 0.3 is 11.9 Å². The molecular formula is C16H21NO7S. The van der Waals surface area contributed by atoms with Gasteiger partial charge in [0.25, 0.3) is 10.0 Å². The number of hydrogen-bond acceptors (Lipinski definition) is 6. The van der Waals surface area contributed by atoms with Crippen molar-refractivity contribution in [3.8, 4) is 0 Å². The van der Waals surface area contributed by atoms with Crippen LogP contribution in [0.15, 0.2) is 15.6 Å². The summed E-state index contributed by atoms with van der Waals surface area (Å²) in [7, 11) is -2.98. The van der Waals surface area contributed by atoms with Crippen LogP contribution in [-0.2, 0) is 19.6 Å². The lowest BCUT2D eigenvalue weighted by Crippen LogP contribution is -2.45. The summed E-state index contributed by atoms with van der Waals surface area (Å²) in [6.45, 7) is 1.47. The number of aryl methyl sites for hydroxylation is 1.